The number of ether oxygens (including phenoxy) is 3. The summed E-state index contributed by atoms with van der Waals surface area (Å²) in [6, 6.07) is 7.09. The summed E-state index contributed by atoms with van der Waals surface area (Å²) in [7, 11) is 1.47. The molecule has 3 N–H and O–H groups in total. The zero-order valence-electron chi connectivity index (χ0n) is 20.4. The zero-order valence-corrected chi connectivity index (χ0v) is 21.2. The Hall–Kier alpha value is -4.03. The maximum Gasteiger partial charge on any atom is 0.275 e. The summed E-state index contributed by atoms with van der Waals surface area (Å²) in [5.41, 5.74) is 9.72. The molecule has 1 spiro atoms. The number of thioether (sulfide) groups is 1. The van der Waals surface area contributed by atoms with Gasteiger partial charge in [-0.25, -0.2) is 15.0 Å². The number of amidine groups is 1. The van der Waals surface area contributed by atoms with E-state index in [1.54, 1.807) is 12.1 Å². The number of amides is 1. The van der Waals surface area contributed by atoms with Gasteiger partial charge in [-0.15, -0.1) is 0 Å². The third-order valence-electron chi connectivity index (χ3n) is 6.62. The molecular weight excluding hydrogens is 511 g/mol. The van der Waals surface area contributed by atoms with E-state index in [4.69, 9.17) is 19.9 Å². The highest BCUT2D eigenvalue weighted by Crippen LogP contribution is 2.58. The van der Waals surface area contributed by atoms with Crippen molar-refractivity contribution in [2.24, 2.45) is 10.7 Å². The summed E-state index contributed by atoms with van der Waals surface area (Å²) >= 11 is 1.35. The molecule has 1 aromatic carbocycles. The number of carbonyl (C=O) groups is 1. The molecule has 3 aliphatic heterocycles. The Kier molecular flexibility index (Phi) is 6.20. The highest BCUT2D eigenvalue weighted by Gasteiger charge is 2.47. The van der Waals surface area contributed by atoms with Crippen LogP contribution in [0.2, 0.25) is 0 Å². The number of methoxy groups -OCH3 is 1. The van der Waals surface area contributed by atoms with Gasteiger partial charge in [0, 0.05) is 23.4 Å². The lowest BCUT2D eigenvalue weighted by atomic mass is 9.83. The lowest BCUT2D eigenvalue weighted by Gasteiger charge is -2.41. The Labute approximate surface area is 221 Å². The molecule has 1 amide bonds. The van der Waals surface area contributed by atoms with E-state index in [1.807, 2.05) is 18.2 Å². The van der Waals surface area contributed by atoms with Gasteiger partial charge in [-0.2, -0.15) is 4.39 Å². The minimum absolute atomic E-state index is 0.0707. The van der Waals surface area contributed by atoms with Gasteiger partial charge in [0.2, 0.25) is 5.88 Å². The number of rotatable bonds is 4. The highest BCUT2D eigenvalue weighted by molar-refractivity contribution is 8.14. The molecule has 6 rings (SSSR count). The maximum absolute atomic E-state index is 15.5. The van der Waals surface area contributed by atoms with Crippen molar-refractivity contribution in [3.8, 4) is 17.4 Å². The number of hydrogen-bond donors (Lipinski definition) is 2. The summed E-state index contributed by atoms with van der Waals surface area (Å²) in [4.78, 5) is 29.6. The first-order valence-electron chi connectivity index (χ1n) is 11.9. The van der Waals surface area contributed by atoms with Gasteiger partial charge < -0.3 is 25.3 Å². The van der Waals surface area contributed by atoms with Crippen LogP contribution in [0.15, 0.2) is 47.7 Å². The molecule has 0 saturated heterocycles. The van der Waals surface area contributed by atoms with E-state index in [2.05, 4.69) is 25.3 Å². The van der Waals surface area contributed by atoms with Crippen molar-refractivity contribution in [2.75, 3.05) is 32.2 Å². The monoisotopic (exact) mass is 534 g/mol. The van der Waals surface area contributed by atoms with Gasteiger partial charge in [-0.05, 0) is 42.7 Å². The molecule has 10 nitrogen and oxygen atoms in total. The van der Waals surface area contributed by atoms with Crippen molar-refractivity contribution in [2.45, 2.75) is 17.6 Å². The molecule has 12 heteroatoms. The average Bonchev–Trinajstić information content (AvgIpc) is 2.94. The summed E-state index contributed by atoms with van der Waals surface area (Å²) in [6.45, 7) is 1.45. The van der Waals surface area contributed by atoms with E-state index in [0.29, 0.717) is 66.3 Å². The van der Waals surface area contributed by atoms with Crippen molar-refractivity contribution in [3.05, 3.63) is 71.2 Å². The third-order valence-corrected chi connectivity index (χ3v) is 7.95. The van der Waals surface area contributed by atoms with Crippen LogP contribution in [0.3, 0.4) is 0 Å². The second-order valence-electron chi connectivity index (χ2n) is 8.84. The summed E-state index contributed by atoms with van der Waals surface area (Å²) in [6.07, 6.45) is 5.81. The van der Waals surface area contributed by atoms with Crippen LogP contribution in [-0.2, 0) is 9.48 Å². The van der Waals surface area contributed by atoms with Crippen LogP contribution in [0.5, 0.6) is 17.4 Å². The minimum atomic E-state index is -0.792. The molecule has 0 aliphatic carbocycles. The van der Waals surface area contributed by atoms with E-state index >= 15 is 4.39 Å². The molecule has 5 heterocycles. The number of nitrogens with zero attached hydrogens (tertiary/aromatic N) is 4. The smallest absolute Gasteiger partial charge is 0.275 e. The third kappa shape index (κ3) is 4.25. The number of halogens is 1. The zero-order chi connectivity index (χ0) is 26.3. The van der Waals surface area contributed by atoms with Crippen LogP contribution in [0, 0.1) is 5.95 Å². The molecule has 3 aliphatic rings. The predicted molar refractivity (Wildman–Crippen MR) is 140 cm³/mol. The fraction of sp³-hybridized carbons (Fsp3) is 0.269. The summed E-state index contributed by atoms with van der Waals surface area (Å²) < 4.78 is 31.2. The lowest BCUT2D eigenvalue weighted by molar-refractivity contribution is 0.102. The Morgan fingerprint density at radius 3 is 2.87 bits per heavy atom. The molecular formula is C26H23FN6O4S. The fourth-order valence-electron chi connectivity index (χ4n) is 4.79. The molecule has 0 bridgehead atoms. The second-order valence-corrected chi connectivity index (χ2v) is 10.2. The normalized spacial score (nSPS) is 19.9. The quantitative estimate of drug-likeness (QED) is 0.478. The van der Waals surface area contributed by atoms with E-state index in [0.717, 1.165) is 11.1 Å². The molecule has 0 radical (unpaired) electrons. The number of hydrogen-bond acceptors (Lipinski definition) is 10. The number of nitrogens with two attached hydrogens (primary N) is 1. The van der Waals surface area contributed by atoms with Crippen molar-refractivity contribution < 1.29 is 23.4 Å². The number of pyridine rings is 1. The van der Waals surface area contributed by atoms with Gasteiger partial charge in [-0.3, -0.25) is 9.79 Å². The predicted octanol–water partition coefficient (Wildman–Crippen LogP) is 3.88. The Morgan fingerprint density at radius 1 is 1.24 bits per heavy atom. The maximum atomic E-state index is 15.5. The van der Waals surface area contributed by atoms with Crippen molar-refractivity contribution in [1.29, 1.82) is 0 Å². The topological polar surface area (TPSA) is 134 Å². The molecule has 1 atom stereocenters. The van der Waals surface area contributed by atoms with Gasteiger partial charge >= 0.3 is 0 Å². The number of anilines is 1. The highest BCUT2D eigenvalue weighted by atomic mass is 32.2. The number of aliphatic imine (C=N–C) groups is 1. The standard InChI is InChI=1S/C26H23FN6O4S/c1-35-21-13-30-19(12-31-21)24(34)32-15-2-3-20-16(10-15)26(6-7-29-25(28)38-26)17-11-18(14-4-8-36-9-5-14)33-23(27)22(17)37-20/h2-4,10-13H,5-9H2,1H3,(H2,28,29)(H,32,34)/t26-/m0/s1. The first-order chi connectivity index (χ1) is 18.5. The number of carbonyl (C=O) groups excluding carboxylic acids is 1. The summed E-state index contributed by atoms with van der Waals surface area (Å²) in [5, 5.41) is 3.25. The minimum Gasteiger partial charge on any atom is -0.480 e. The summed E-state index contributed by atoms with van der Waals surface area (Å²) in [5.74, 6) is -0.291. The molecule has 194 valence electrons. The number of fused-ring (bicyclic) bond motifs is 4. The van der Waals surface area contributed by atoms with Crippen LogP contribution in [0.4, 0.5) is 10.1 Å². The lowest BCUT2D eigenvalue weighted by Crippen LogP contribution is -2.35. The Balaban J connectivity index is 1.42. The fourth-order valence-corrected chi connectivity index (χ4v) is 6.03. The molecule has 0 saturated carbocycles. The SMILES string of the molecule is COc1cnc(C(=O)Nc2ccc3c(c2)[C@@]2(CCN=C(N)S2)c2cc(C4=CCOCC4)nc(F)c2O3)cn1. The van der Waals surface area contributed by atoms with Crippen LogP contribution in [0.25, 0.3) is 5.57 Å². The molecule has 38 heavy (non-hydrogen) atoms. The van der Waals surface area contributed by atoms with Crippen LogP contribution in [0.1, 0.15) is 40.2 Å². The Morgan fingerprint density at radius 2 is 2.13 bits per heavy atom. The van der Waals surface area contributed by atoms with E-state index < -0.39 is 16.6 Å². The van der Waals surface area contributed by atoms with Crippen LogP contribution in [-0.4, -0.2) is 52.9 Å². The van der Waals surface area contributed by atoms with Crippen molar-refractivity contribution in [1.82, 2.24) is 15.0 Å². The van der Waals surface area contributed by atoms with Crippen molar-refractivity contribution >= 4 is 34.1 Å². The molecule has 0 fully saturated rings. The largest absolute Gasteiger partial charge is 0.480 e. The first-order valence-corrected chi connectivity index (χ1v) is 12.8. The average molecular weight is 535 g/mol. The van der Waals surface area contributed by atoms with Gasteiger partial charge in [0.1, 0.15) is 11.4 Å². The van der Waals surface area contributed by atoms with Gasteiger partial charge in [0.25, 0.3) is 11.9 Å². The molecule has 2 aromatic heterocycles. The Bertz CT molecular complexity index is 1500. The van der Waals surface area contributed by atoms with E-state index in [1.165, 1.54) is 31.3 Å². The first kappa shape index (κ1) is 24.3. The van der Waals surface area contributed by atoms with E-state index in [9.17, 15) is 4.79 Å². The van der Waals surface area contributed by atoms with Gasteiger partial charge in [-0.1, -0.05) is 17.8 Å². The van der Waals surface area contributed by atoms with Crippen molar-refractivity contribution in [3.63, 3.8) is 0 Å². The van der Waals surface area contributed by atoms with Crippen LogP contribution < -0.4 is 20.5 Å². The number of aromatic nitrogens is 3. The second kappa shape index (κ2) is 9.69. The molecule has 3 aromatic rings. The van der Waals surface area contributed by atoms with Crippen LogP contribution >= 0.6 is 11.8 Å². The number of nitrogens with one attached hydrogen (secondary N) is 1. The number of benzene rings is 1. The van der Waals surface area contributed by atoms with E-state index in [-0.39, 0.29) is 11.4 Å². The molecule has 0 unspecified atom stereocenters. The van der Waals surface area contributed by atoms with Gasteiger partial charge in [0.05, 0.1) is 43.2 Å². The van der Waals surface area contributed by atoms with Gasteiger partial charge in [0.15, 0.2) is 10.9 Å².